The maximum absolute atomic E-state index is 14.1. The van der Waals surface area contributed by atoms with E-state index in [9.17, 15) is 14.3 Å². The third-order valence-electron chi connectivity index (χ3n) is 3.44. The molecule has 1 unspecified atom stereocenters. The Hall–Kier alpha value is -3.33. The van der Waals surface area contributed by atoms with Crippen LogP contribution >= 0.6 is 0 Å². The van der Waals surface area contributed by atoms with E-state index in [1.807, 2.05) is 0 Å². The highest BCUT2D eigenvalue weighted by Crippen LogP contribution is 2.32. The van der Waals surface area contributed by atoms with Crippen LogP contribution in [0.3, 0.4) is 0 Å². The molecule has 1 atom stereocenters. The van der Waals surface area contributed by atoms with Crippen molar-refractivity contribution in [1.29, 1.82) is 5.26 Å². The molecule has 2 rings (SSSR count). The number of carboxylic acid groups (broad SMARTS) is 1. The molecule has 2 aromatic rings. The highest BCUT2D eigenvalue weighted by molar-refractivity contribution is 5.73. The minimum Gasteiger partial charge on any atom is -0.546 e. The van der Waals surface area contributed by atoms with Crippen molar-refractivity contribution in [1.82, 2.24) is 0 Å². The normalized spacial score (nSPS) is 11.2. The fourth-order valence-electron chi connectivity index (χ4n) is 2.24. The predicted octanol–water partition coefficient (Wildman–Crippen LogP) is 2.44. The Morgan fingerprint density at radius 1 is 1.44 bits per heavy atom. The van der Waals surface area contributed by atoms with Gasteiger partial charge in [-0.3, -0.25) is 0 Å². The van der Waals surface area contributed by atoms with Gasteiger partial charge in [-0.05, 0) is 12.5 Å². The van der Waals surface area contributed by atoms with E-state index >= 15 is 0 Å². The molecule has 0 radical (unpaired) electrons. The number of aliphatic carboxylic acids is 1. The standard InChI is InChI=1S/C19H16FNO4/c1-3-8-24-13-9-16(20)15(11-21)17(10-13)25-18(19(22)23)14-7-5-4-6-12(14)2/h3-7,9-10,18H,1,8H2,2H3,(H,22,23)/p-1. The van der Waals surface area contributed by atoms with Gasteiger partial charge in [0.05, 0.1) is 5.97 Å². The van der Waals surface area contributed by atoms with Gasteiger partial charge in [0.2, 0.25) is 0 Å². The highest BCUT2D eigenvalue weighted by Gasteiger charge is 2.21. The van der Waals surface area contributed by atoms with E-state index in [2.05, 4.69) is 6.58 Å². The Labute approximate surface area is 144 Å². The molecule has 0 spiro atoms. The van der Waals surface area contributed by atoms with E-state index in [0.29, 0.717) is 11.1 Å². The highest BCUT2D eigenvalue weighted by atomic mass is 19.1. The average Bonchev–Trinajstić information content (AvgIpc) is 2.58. The van der Waals surface area contributed by atoms with Gasteiger partial charge in [0.1, 0.15) is 35.6 Å². The van der Waals surface area contributed by atoms with Gasteiger partial charge in [0, 0.05) is 17.7 Å². The second-order valence-corrected chi connectivity index (χ2v) is 5.16. The monoisotopic (exact) mass is 340 g/mol. The molecular formula is C19H15FNO4-. The number of ether oxygens (including phenoxy) is 2. The lowest BCUT2D eigenvalue weighted by Crippen LogP contribution is -2.33. The molecule has 0 fully saturated rings. The van der Waals surface area contributed by atoms with Gasteiger partial charge in [-0.1, -0.05) is 36.9 Å². The number of carbonyl (C=O) groups is 1. The lowest BCUT2D eigenvalue weighted by Gasteiger charge is -2.23. The number of nitrogens with zero attached hydrogens (tertiary/aromatic N) is 1. The summed E-state index contributed by atoms with van der Waals surface area (Å²) in [5.74, 6) is -2.52. The van der Waals surface area contributed by atoms with Crippen molar-refractivity contribution in [2.45, 2.75) is 13.0 Å². The Kier molecular flexibility index (Phi) is 5.75. The van der Waals surface area contributed by atoms with Gasteiger partial charge in [-0.2, -0.15) is 5.26 Å². The molecule has 2 aromatic carbocycles. The Bertz CT molecular complexity index is 842. The van der Waals surface area contributed by atoms with Crippen LogP contribution in [0.15, 0.2) is 49.1 Å². The number of carbonyl (C=O) groups excluding carboxylic acids is 1. The molecule has 0 bridgehead atoms. The fourth-order valence-corrected chi connectivity index (χ4v) is 2.24. The van der Waals surface area contributed by atoms with Gasteiger partial charge < -0.3 is 19.4 Å². The molecule has 6 heteroatoms. The zero-order chi connectivity index (χ0) is 18.4. The van der Waals surface area contributed by atoms with Gasteiger partial charge >= 0.3 is 0 Å². The van der Waals surface area contributed by atoms with Crippen LogP contribution in [0.25, 0.3) is 0 Å². The Balaban J connectivity index is 2.46. The maximum atomic E-state index is 14.1. The summed E-state index contributed by atoms with van der Waals surface area (Å²) in [6.07, 6.45) is -0.0316. The summed E-state index contributed by atoms with van der Waals surface area (Å²) in [4.78, 5) is 11.5. The van der Waals surface area contributed by atoms with Gasteiger partial charge in [-0.25, -0.2) is 4.39 Å². The lowest BCUT2D eigenvalue weighted by atomic mass is 10.0. The average molecular weight is 340 g/mol. The fraction of sp³-hybridized carbons (Fsp3) is 0.158. The molecule has 0 aliphatic rings. The molecule has 0 saturated carbocycles. The number of aryl methyl sites for hydroxylation is 1. The summed E-state index contributed by atoms with van der Waals surface area (Å²) >= 11 is 0. The van der Waals surface area contributed by atoms with Gasteiger partial charge in [-0.15, -0.1) is 0 Å². The van der Waals surface area contributed by atoms with Crippen LogP contribution in [0, 0.1) is 24.1 Å². The lowest BCUT2D eigenvalue weighted by molar-refractivity contribution is -0.314. The Morgan fingerprint density at radius 3 is 2.76 bits per heavy atom. The van der Waals surface area contributed by atoms with E-state index in [0.717, 1.165) is 6.07 Å². The number of hydrogen-bond acceptors (Lipinski definition) is 5. The van der Waals surface area contributed by atoms with Gasteiger partial charge in [0.15, 0.2) is 6.10 Å². The second kappa shape index (κ2) is 7.97. The smallest absolute Gasteiger partial charge is 0.163 e. The molecule has 0 saturated heterocycles. The van der Waals surface area contributed by atoms with E-state index in [1.165, 1.54) is 12.1 Å². The third kappa shape index (κ3) is 4.15. The van der Waals surface area contributed by atoms with E-state index in [4.69, 9.17) is 14.7 Å². The van der Waals surface area contributed by atoms with Crippen molar-refractivity contribution in [2.75, 3.05) is 6.61 Å². The van der Waals surface area contributed by atoms with Crippen molar-refractivity contribution in [2.24, 2.45) is 0 Å². The first-order chi connectivity index (χ1) is 12.0. The molecule has 0 aliphatic heterocycles. The molecule has 25 heavy (non-hydrogen) atoms. The van der Waals surface area contributed by atoms with Crippen LogP contribution in [-0.4, -0.2) is 12.6 Å². The van der Waals surface area contributed by atoms with Crippen LogP contribution in [0.5, 0.6) is 11.5 Å². The van der Waals surface area contributed by atoms with Crippen molar-refractivity contribution >= 4 is 5.97 Å². The number of carboxylic acids is 1. The number of hydrogen-bond donors (Lipinski definition) is 0. The van der Waals surface area contributed by atoms with Crippen molar-refractivity contribution < 1.29 is 23.8 Å². The summed E-state index contributed by atoms with van der Waals surface area (Å²) in [6, 6.07) is 10.6. The van der Waals surface area contributed by atoms with Gasteiger partial charge in [0.25, 0.3) is 0 Å². The summed E-state index contributed by atoms with van der Waals surface area (Å²) in [7, 11) is 0. The molecule has 0 aliphatic carbocycles. The van der Waals surface area contributed by atoms with Crippen LogP contribution in [0.4, 0.5) is 4.39 Å². The minimum absolute atomic E-state index is 0.0910. The first kappa shape index (κ1) is 18.0. The summed E-state index contributed by atoms with van der Waals surface area (Å²) < 4.78 is 24.8. The number of rotatable bonds is 7. The van der Waals surface area contributed by atoms with Crippen molar-refractivity contribution in [3.63, 3.8) is 0 Å². The topological polar surface area (TPSA) is 82.4 Å². The molecule has 0 N–H and O–H groups in total. The summed E-state index contributed by atoms with van der Waals surface area (Å²) in [6.45, 7) is 5.32. The zero-order valence-corrected chi connectivity index (χ0v) is 13.5. The van der Waals surface area contributed by atoms with E-state index in [1.54, 1.807) is 37.3 Å². The number of benzene rings is 2. The molecule has 0 aromatic heterocycles. The van der Waals surface area contributed by atoms with Crippen LogP contribution < -0.4 is 14.6 Å². The zero-order valence-electron chi connectivity index (χ0n) is 13.5. The summed E-state index contributed by atoms with van der Waals surface area (Å²) in [5.41, 5.74) is 0.602. The Morgan fingerprint density at radius 2 is 2.16 bits per heavy atom. The van der Waals surface area contributed by atoms with Crippen molar-refractivity contribution in [3.05, 3.63) is 71.6 Å². The van der Waals surface area contributed by atoms with Crippen molar-refractivity contribution in [3.8, 4) is 17.6 Å². The largest absolute Gasteiger partial charge is 0.546 e. The van der Waals surface area contributed by atoms with Crippen LogP contribution in [0.2, 0.25) is 0 Å². The minimum atomic E-state index is -1.50. The summed E-state index contributed by atoms with van der Waals surface area (Å²) in [5, 5.41) is 20.7. The van der Waals surface area contributed by atoms with E-state index in [-0.39, 0.29) is 18.1 Å². The second-order valence-electron chi connectivity index (χ2n) is 5.16. The van der Waals surface area contributed by atoms with Crippen LogP contribution in [0.1, 0.15) is 22.8 Å². The molecule has 0 heterocycles. The maximum Gasteiger partial charge on any atom is 0.163 e. The van der Waals surface area contributed by atoms with E-state index < -0.39 is 23.5 Å². The quantitative estimate of drug-likeness (QED) is 0.723. The number of halogens is 1. The molecule has 5 nitrogen and oxygen atoms in total. The predicted molar refractivity (Wildman–Crippen MR) is 86.4 cm³/mol. The number of nitriles is 1. The van der Waals surface area contributed by atoms with Crippen LogP contribution in [-0.2, 0) is 4.79 Å². The molecule has 0 amide bonds. The first-order valence-corrected chi connectivity index (χ1v) is 7.38. The molecular weight excluding hydrogens is 325 g/mol. The third-order valence-corrected chi connectivity index (χ3v) is 3.44. The first-order valence-electron chi connectivity index (χ1n) is 7.38. The SMILES string of the molecule is C=CCOc1cc(F)c(C#N)c(OC(C(=O)[O-])c2ccccc2C)c1. The molecule has 128 valence electrons.